The lowest BCUT2D eigenvalue weighted by molar-refractivity contribution is 0.503. The summed E-state index contributed by atoms with van der Waals surface area (Å²) in [4.78, 5) is 1.39. The number of nitrogens with zero attached hydrogens (tertiary/aromatic N) is 2. The normalized spacial score (nSPS) is 12.8. The molecule has 0 spiro atoms. The van der Waals surface area contributed by atoms with Crippen LogP contribution in [0.2, 0.25) is 0 Å². The van der Waals surface area contributed by atoms with E-state index in [4.69, 9.17) is 0 Å². The Morgan fingerprint density at radius 2 is 2.21 bits per heavy atom. The number of aromatic nitrogens is 2. The fourth-order valence-corrected chi connectivity index (χ4v) is 3.25. The van der Waals surface area contributed by atoms with Gasteiger partial charge in [0, 0.05) is 23.2 Å². The van der Waals surface area contributed by atoms with Crippen molar-refractivity contribution in [3.05, 3.63) is 39.3 Å². The summed E-state index contributed by atoms with van der Waals surface area (Å²) in [6.07, 6.45) is 1.07. The van der Waals surface area contributed by atoms with Gasteiger partial charge in [0.05, 0.1) is 12.2 Å². The molecule has 1 unspecified atom stereocenters. The van der Waals surface area contributed by atoms with Crippen LogP contribution in [-0.2, 0) is 13.0 Å². The van der Waals surface area contributed by atoms with Crippen molar-refractivity contribution >= 4 is 11.3 Å². The predicted molar refractivity (Wildman–Crippen MR) is 81.8 cm³/mol. The second kappa shape index (κ2) is 6.35. The van der Waals surface area contributed by atoms with Crippen LogP contribution < -0.4 is 5.32 Å². The predicted octanol–water partition coefficient (Wildman–Crippen LogP) is 3.47. The first-order chi connectivity index (χ1) is 9.13. The van der Waals surface area contributed by atoms with E-state index in [-0.39, 0.29) is 0 Å². The highest BCUT2D eigenvalue weighted by Gasteiger charge is 2.10. The van der Waals surface area contributed by atoms with E-state index in [9.17, 15) is 0 Å². The molecule has 19 heavy (non-hydrogen) atoms. The van der Waals surface area contributed by atoms with Crippen molar-refractivity contribution in [2.45, 2.75) is 46.7 Å². The molecule has 2 heterocycles. The zero-order valence-corrected chi connectivity index (χ0v) is 13.0. The molecule has 0 aliphatic heterocycles. The molecule has 0 radical (unpaired) electrons. The lowest BCUT2D eigenvalue weighted by atomic mass is 10.1. The Bertz CT molecular complexity index is 514. The van der Waals surface area contributed by atoms with Gasteiger partial charge in [-0.25, -0.2) is 0 Å². The standard InChI is InChI=1S/C15H23N3S/c1-5-14-11(2)17-18(13(14)4)9-8-16-12(3)15-7-6-10-19-15/h6-7,10,12,16H,5,8-9H2,1-4H3. The summed E-state index contributed by atoms with van der Waals surface area (Å²) in [6, 6.07) is 4.70. The van der Waals surface area contributed by atoms with Gasteiger partial charge in [-0.1, -0.05) is 13.0 Å². The maximum absolute atomic E-state index is 4.62. The van der Waals surface area contributed by atoms with Crippen LogP contribution in [0.3, 0.4) is 0 Å². The first kappa shape index (κ1) is 14.3. The number of thiophene rings is 1. The number of aryl methyl sites for hydroxylation is 1. The molecule has 2 rings (SSSR count). The van der Waals surface area contributed by atoms with Gasteiger partial charge in [-0.15, -0.1) is 11.3 Å². The van der Waals surface area contributed by atoms with Crippen LogP contribution >= 0.6 is 11.3 Å². The van der Waals surface area contributed by atoms with Crippen LogP contribution in [0.25, 0.3) is 0 Å². The van der Waals surface area contributed by atoms with E-state index in [1.54, 1.807) is 11.3 Å². The molecule has 2 aromatic heterocycles. The van der Waals surface area contributed by atoms with E-state index in [0.29, 0.717) is 6.04 Å². The van der Waals surface area contributed by atoms with E-state index < -0.39 is 0 Å². The summed E-state index contributed by atoms with van der Waals surface area (Å²) >= 11 is 1.81. The summed E-state index contributed by atoms with van der Waals surface area (Å²) in [5.41, 5.74) is 3.88. The van der Waals surface area contributed by atoms with Gasteiger partial charge >= 0.3 is 0 Å². The number of rotatable bonds is 6. The van der Waals surface area contributed by atoms with E-state index in [1.807, 2.05) is 0 Å². The molecular formula is C15H23N3S. The highest BCUT2D eigenvalue weighted by molar-refractivity contribution is 7.10. The molecule has 1 atom stereocenters. The summed E-state index contributed by atoms with van der Waals surface area (Å²) in [5.74, 6) is 0. The molecule has 0 aromatic carbocycles. The molecule has 0 aliphatic carbocycles. The Hall–Kier alpha value is -1.13. The molecule has 4 heteroatoms. The van der Waals surface area contributed by atoms with Crippen molar-refractivity contribution in [1.82, 2.24) is 15.1 Å². The summed E-state index contributed by atoms with van der Waals surface area (Å²) in [6.45, 7) is 10.6. The lowest BCUT2D eigenvalue weighted by Gasteiger charge is -2.12. The Kier molecular flexibility index (Phi) is 4.77. The largest absolute Gasteiger partial charge is 0.308 e. The van der Waals surface area contributed by atoms with Gasteiger partial charge in [0.1, 0.15) is 0 Å². The van der Waals surface area contributed by atoms with Crippen LogP contribution in [0.1, 0.15) is 41.7 Å². The van der Waals surface area contributed by atoms with Crippen LogP contribution in [0.4, 0.5) is 0 Å². The number of nitrogens with one attached hydrogen (secondary N) is 1. The molecule has 1 N–H and O–H groups in total. The Labute approximate surface area is 119 Å². The van der Waals surface area contributed by atoms with Gasteiger partial charge in [-0.2, -0.15) is 5.10 Å². The minimum absolute atomic E-state index is 0.419. The molecule has 0 aliphatic rings. The molecule has 2 aromatic rings. The van der Waals surface area contributed by atoms with Crippen LogP contribution in [0, 0.1) is 13.8 Å². The molecule has 0 fully saturated rings. The van der Waals surface area contributed by atoms with Crippen LogP contribution in [0.5, 0.6) is 0 Å². The van der Waals surface area contributed by atoms with Crippen molar-refractivity contribution in [1.29, 1.82) is 0 Å². The Morgan fingerprint density at radius 3 is 2.79 bits per heavy atom. The zero-order chi connectivity index (χ0) is 13.8. The number of hydrogen-bond donors (Lipinski definition) is 1. The van der Waals surface area contributed by atoms with Crippen molar-refractivity contribution in [2.24, 2.45) is 0 Å². The Balaban J connectivity index is 1.89. The molecular weight excluding hydrogens is 254 g/mol. The third-order valence-corrected chi connectivity index (χ3v) is 4.68. The highest BCUT2D eigenvalue weighted by atomic mass is 32.1. The van der Waals surface area contributed by atoms with Crippen LogP contribution in [-0.4, -0.2) is 16.3 Å². The second-order valence-electron chi connectivity index (χ2n) is 4.92. The fraction of sp³-hybridized carbons (Fsp3) is 0.533. The van der Waals surface area contributed by atoms with Gasteiger partial charge in [0.2, 0.25) is 0 Å². The first-order valence-electron chi connectivity index (χ1n) is 6.93. The zero-order valence-electron chi connectivity index (χ0n) is 12.2. The van der Waals surface area contributed by atoms with Crippen molar-refractivity contribution in [3.8, 4) is 0 Å². The topological polar surface area (TPSA) is 29.9 Å². The van der Waals surface area contributed by atoms with Gasteiger partial charge in [-0.3, -0.25) is 4.68 Å². The fourth-order valence-electron chi connectivity index (χ4n) is 2.49. The molecule has 0 amide bonds. The summed E-state index contributed by atoms with van der Waals surface area (Å²) in [7, 11) is 0. The SMILES string of the molecule is CCc1c(C)nn(CCNC(C)c2cccs2)c1C. The van der Waals surface area contributed by atoms with E-state index in [2.05, 4.69) is 60.3 Å². The third kappa shape index (κ3) is 3.25. The number of hydrogen-bond acceptors (Lipinski definition) is 3. The average molecular weight is 277 g/mol. The van der Waals surface area contributed by atoms with Gasteiger partial charge < -0.3 is 5.32 Å². The quantitative estimate of drug-likeness (QED) is 0.876. The smallest absolute Gasteiger partial charge is 0.0628 e. The molecule has 0 saturated carbocycles. The maximum Gasteiger partial charge on any atom is 0.0628 e. The molecule has 0 saturated heterocycles. The summed E-state index contributed by atoms with van der Waals surface area (Å²) in [5, 5.41) is 10.3. The van der Waals surface area contributed by atoms with Gasteiger partial charge in [-0.05, 0) is 44.2 Å². The highest BCUT2D eigenvalue weighted by Crippen LogP contribution is 2.18. The third-order valence-electron chi connectivity index (χ3n) is 3.63. The van der Waals surface area contributed by atoms with Crippen molar-refractivity contribution in [3.63, 3.8) is 0 Å². The monoisotopic (exact) mass is 277 g/mol. The molecule has 3 nitrogen and oxygen atoms in total. The summed E-state index contributed by atoms with van der Waals surface area (Å²) < 4.78 is 2.13. The van der Waals surface area contributed by atoms with E-state index >= 15 is 0 Å². The lowest BCUT2D eigenvalue weighted by Crippen LogP contribution is -2.23. The minimum Gasteiger partial charge on any atom is -0.308 e. The Morgan fingerprint density at radius 1 is 1.42 bits per heavy atom. The first-order valence-corrected chi connectivity index (χ1v) is 7.81. The van der Waals surface area contributed by atoms with Crippen molar-refractivity contribution in [2.75, 3.05) is 6.54 Å². The van der Waals surface area contributed by atoms with Crippen molar-refractivity contribution < 1.29 is 0 Å². The van der Waals surface area contributed by atoms with Gasteiger partial charge in [0.15, 0.2) is 0 Å². The van der Waals surface area contributed by atoms with Crippen LogP contribution in [0.15, 0.2) is 17.5 Å². The van der Waals surface area contributed by atoms with Gasteiger partial charge in [0.25, 0.3) is 0 Å². The molecule has 0 bridgehead atoms. The minimum atomic E-state index is 0.419. The van der Waals surface area contributed by atoms with E-state index in [0.717, 1.165) is 19.5 Å². The second-order valence-corrected chi connectivity index (χ2v) is 5.90. The maximum atomic E-state index is 4.62. The van der Waals surface area contributed by atoms with E-state index in [1.165, 1.54) is 21.8 Å². The average Bonchev–Trinajstić information content (AvgIpc) is 2.99. The molecule has 104 valence electrons.